The summed E-state index contributed by atoms with van der Waals surface area (Å²) in [5.74, 6) is 0.310. The average Bonchev–Trinajstić information content (AvgIpc) is 2.51. The van der Waals surface area contributed by atoms with Crippen molar-refractivity contribution in [3.05, 3.63) is 63.0 Å². The Labute approximate surface area is 129 Å². The van der Waals surface area contributed by atoms with Crippen LogP contribution >= 0.6 is 23.2 Å². The maximum Gasteiger partial charge on any atom is 0.278 e. The first kappa shape index (κ1) is 13.7. The molecule has 7 heteroatoms. The molecule has 2 heterocycles. The van der Waals surface area contributed by atoms with E-state index in [1.807, 2.05) is 0 Å². The molecule has 0 aliphatic carbocycles. The van der Waals surface area contributed by atoms with Crippen LogP contribution in [0.4, 0.5) is 0 Å². The molecule has 0 unspecified atom stereocenters. The number of rotatable bonds is 2. The van der Waals surface area contributed by atoms with Crippen LogP contribution in [0.5, 0.6) is 0 Å². The van der Waals surface area contributed by atoms with Crippen molar-refractivity contribution >= 4 is 23.2 Å². The Balaban J connectivity index is 2.06. The molecule has 3 rings (SSSR count). The molecule has 0 amide bonds. The van der Waals surface area contributed by atoms with Crippen LogP contribution in [0, 0.1) is 0 Å². The van der Waals surface area contributed by atoms with E-state index in [0.29, 0.717) is 27.1 Å². The standard InChI is InChI=1S/C14H8Cl2N4O/c15-9-5-4-8(7-10(9)16)12-14(21)18-13(20-19-12)11-3-1-2-6-17-11/h1-7H,(H,18,20,21). The molecule has 0 saturated heterocycles. The summed E-state index contributed by atoms with van der Waals surface area (Å²) < 4.78 is 0. The quantitative estimate of drug-likeness (QED) is 0.787. The van der Waals surface area contributed by atoms with Gasteiger partial charge in [-0.15, -0.1) is 10.2 Å². The Kier molecular flexibility index (Phi) is 3.68. The van der Waals surface area contributed by atoms with Crippen LogP contribution in [0.1, 0.15) is 0 Å². The van der Waals surface area contributed by atoms with Gasteiger partial charge in [-0.05, 0) is 24.3 Å². The number of hydrogen-bond acceptors (Lipinski definition) is 4. The predicted octanol–water partition coefficient (Wildman–Crippen LogP) is 3.20. The molecule has 0 radical (unpaired) electrons. The lowest BCUT2D eigenvalue weighted by Crippen LogP contribution is -2.14. The van der Waals surface area contributed by atoms with Crippen LogP contribution in [-0.2, 0) is 0 Å². The molecular weight excluding hydrogens is 311 g/mol. The third kappa shape index (κ3) is 2.79. The van der Waals surface area contributed by atoms with Gasteiger partial charge in [0.15, 0.2) is 11.5 Å². The number of aromatic nitrogens is 4. The Bertz CT molecular complexity index is 849. The number of benzene rings is 1. The van der Waals surface area contributed by atoms with Gasteiger partial charge in [0.25, 0.3) is 5.56 Å². The summed E-state index contributed by atoms with van der Waals surface area (Å²) in [4.78, 5) is 18.9. The van der Waals surface area contributed by atoms with Crippen molar-refractivity contribution in [3.63, 3.8) is 0 Å². The molecule has 3 aromatic rings. The highest BCUT2D eigenvalue weighted by Crippen LogP contribution is 2.26. The molecule has 0 atom stereocenters. The zero-order valence-corrected chi connectivity index (χ0v) is 12.1. The summed E-state index contributed by atoms with van der Waals surface area (Å²) in [6.45, 7) is 0. The van der Waals surface area contributed by atoms with Gasteiger partial charge in [-0.3, -0.25) is 9.78 Å². The van der Waals surface area contributed by atoms with E-state index in [2.05, 4.69) is 20.2 Å². The van der Waals surface area contributed by atoms with E-state index in [4.69, 9.17) is 23.2 Å². The van der Waals surface area contributed by atoms with Gasteiger partial charge >= 0.3 is 0 Å². The largest absolute Gasteiger partial charge is 0.302 e. The number of nitrogens with one attached hydrogen (secondary N) is 1. The summed E-state index contributed by atoms with van der Waals surface area (Å²) in [5, 5.41) is 8.72. The summed E-state index contributed by atoms with van der Waals surface area (Å²) in [6.07, 6.45) is 1.61. The molecule has 0 saturated carbocycles. The van der Waals surface area contributed by atoms with Crippen LogP contribution in [0.3, 0.4) is 0 Å². The maximum absolute atomic E-state index is 12.1. The van der Waals surface area contributed by atoms with Crippen molar-refractivity contribution < 1.29 is 0 Å². The van der Waals surface area contributed by atoms with Gasteiger partial charge in [-0.2, -0.15) is 0 Å². The fourth-order valence-electron chi connectivity index (χ4n) is 1.79. The molecule has 5 nitrogen and oxygen atoms in total. The van der Waals surface area contributed by atoms with E-state index < -0.39 is 0 Å². The molecule has 0 spiro atoms. The van der Waals surface area contributed by atoms with Crippen LogP contribution in [0.25, 0.3) is 22.8 Å². The lowest BCUT2D eigenvalue weighted by Gasteiger charge is -2.03. The minimum Gasteiger partial charge on any atom is -0.302 e. The number of nitrogens with zero attached hydrogens (tertiary/aromatic N) is 3. The first-order valence-electron chi connectivity index (χ1n) is 5.99. The summed E-state index contributed by atoms with van der Waals surface area (Å²) in [5.41, 5.74) is 0.894. The summed E-state index contributed by atoms with van der Waals surface area (Å²) in [7, 11) is 0. The van der Waals surface area contributed by atoms with Crippen molar-refractivity contribution in [2.24, 2.45) is 0 Å². The zero-order chi connectivity index (χ0) is 14.8. The highest BCUT2D eigenvalue weighted by molar-refractivity contribution is 6.42. The number of halogens is 2. The number of pyridine rings is 1. The first-order chi connectivity index (χ1) is 10.1. The van der Waals surface area contributed by atoms with Gasteiger partial charge in [-0.1, -0.05) is 35.3 Å². The van der Waals surface area contributed by atoms with Gasteiger partial charge in [0.1, 0.15) is 5.69 Å². The molecule has 1 N–H and O–H groups in total. The highest BCUT2D eigenvalue weighted by Gasteiger charge is 2.10. The minimum absolute atomic E-state index is 0.174. The third-order valence-electron chi connectivity index (χ3n) is 2.80. The van der Waals surface area contributed by atoms with Crippen molar-refractivity contribution in [1.82, 2.24) is 20.2 Å². The maximum atomic E-state index is 12.1. The summed E-state index contributed by atoms with van der Waals surface area (Å²) in [6, 6.07) is 10.2. The van der Waals surface area contributed by atoms with Gasteiger partial charge < -0.3 is 4.98 Å². The highest BCUT2D eigenvalue weighted by atomic mass is 35.5. The normalized spacial score (nSPS) is 10.6. The number of H-pyrrole nitrogens is 1. The molecule has 0 aliphatic heterocycles. The SMILES string of the molecule is O=c1[nH]c(-c2ccccn2)nnc1-c1ccc(Cl)c(Cl)c1. The van der Waals surface area contributed by atoms with Gasteiger partial charge in [0.2, 0.25) is 0 Å². The topological polar surface area (TPSA) is 71.5 Å². The van der Waals surface area contributed by atoms with Crippen LogP contribution in [0.2, 0.25) is 10.0 Å². The van der Waals surface area contributed by atoms with Gasteiger partial charge in [-0.25, -0.2) is 0 Å². The average molecular weight is 319 g/mol. The van der Waals surface area contributed by atoms with Gasteiger partial charge in [0, 0.05) is 11.8 Å². The smallest absolute Gasteiger partial charge is 0.278 e. The van der Waals surface area contributed by atoms with Crippen LogP contribution in [-0.4, -0.2) is 20.2 Å². The van der Waals surface area contributed by atoms with E-state index >= 15 is 0 Å². The molecule has 0 bridgehead atoms. The molecule has 0 aliphatic rings. The molecular formula is C14H8Cl2N4O. The molecule has 2 aromatic heterocycles. The first-order valence-corrected chi connectivity index (χ1v) is 6.74. The zero-order valence-electron chi connectivity index (χ0n) is 10.5. The van der Waals surface area contributed by atoms with Crippen LogP contribution < -0.4 is 5.56 Å². The Morgan fingerprint density at radius 2 is 1.86 bits per heavy atom. The predicted molar refractivity (Wildman–Crippen MR) is 81.3 cm³/mol. The summed E-state index contributed by atoms with van der Waals surface area (Å²) >= 11 is 11.8. The third-order valence-corrected chi connectivity index (χ3v) is 3.54. The van der Waals surface area contributed by atoms with Crippen molar-refractivity contribution in [1.29, 1.82) is 0 Å². The Morgan fingerprint density at radius 1 is 1.00 bits per heavy atom. The van der Waals surface area contributed by atoms with Crippen molar-refractivity contribution in [2.75, 3.05) is 0 Å². The van der Waals surface area contributed by atoms with E-state index in [0.717, 1.165) is 0 Å². The monoisotopic (exact) mass is 318 g/mol. The van der Waals surface area contributed by atoms with Gasteiger partial charge in [0.05, 0.1) is 10.0 Å². The fraction of sp³-hybridized carbons (Fsp3) is 0. The Hall–Kier alpha value is -2.24. The lowest BCUT2D eigenvalue weighted by atomic mass is 10.1. The second-order valence-electron chi connectivity index (χ2n) is 4.20. The van der Waals surface area contributed by atoms with E-state index in [9.17, 15) is 4.79 Å². The van der Waals surface area contributed by atoms with Crippen molar-refractivity contribution in [2.45, 2.75) is 0 Å². The molecule has 1 aromatic carbocycles. The van der Waals surface area contributed by atoms with E-state index in [1.165, 1.54) is 0 Å². The number of hydrogen-bond donors (Lipinski definition) is 1. The van der Waals surface area contributed by atoms with E-state index in [1.54, 1.807) is 42.6 Å². The van der Waals surface area contributed by atoms with E-state index in [-0.39, 0.29) is 11.3 Å². The van der Waals surface area contributed by atoms with Crippen LogP contribution in [0.15, 0.2) is 47.4 Å². The fourth-order valence-corrected chi connectivity index (χ4v) is 2.09. The lowest BCUT2D eigenvalue weighted by molar-refractivity contribution is 0.954. The second-order valence-corrected chi connectivity index (χ2v) is 5.01. The molecule has 104 valence electrons. The number of aromatic amines is 1. The second kappa shape index (κ2) is 5.63. The van der Waals surface area contributed by atoms with Crippen molar-refractivity contribution in [3.8, 4) is 22.8 Å². The molecule has 21 heavy (non-hydrogen) atoms. The minimum atomic E-state index is -0.371. The Morgan fingerprint density at radius 3 is 2.52 bits per heavy atom. The molecule has 0 fully saturated rings.